The third-order valence-corrected chi connectivity index (χ3v) is 6.73. The minimum Gasteiger partial charge on any atom is -0.464 e. The minimum atomic E-state index is -5.22. The molecule has 19 heteroatoms. The van der Waals surface area contributed by atoms with Crippen LogP contribution in [-0.2, 0) is 54.8 Å². The number of hydrogen-bond donors (Lipinski definition) is 3. The summed E-state index contributed by atoms with van der Waals surface area (Å²) >= 11 is 0. The van der Waals surface area contributed by atoms with Crippen molar-refractivity contribution < 1.29 is 69.7 Å². The first-order valence-electron chi connectivity index (χ1n) is 7.06. The quantitative estimate of drug-likeness (QED) is 0.302. The second-order valence-electron chi connectivity index (χ2n) is 4.87. The van der Waals surface area contributed by atoms with Gasteiger partial charge in [0.15, 0.2) is 11.9 Å². The lowest BCUT2D eigenvalue weighted by Gasteiger charge is -2.29. The molecule has 160 valence electrons. The van der Waals surface area contributed by atoms with Gasteiger partial charge in [-0.15, -0.1) is 4.52 Å². The number of aliphatic hydroxyl groups excluding tert-OH is 1. The van der Waals surface area contributed by atoms with Crippen LogP contribution in [0.25, 0.3) is 0 Å². The Balaban J connectivity index is 3.32. The molecule has 15 nitrogen and oxygen atoms in total. The average Bonchev–Trinajstić information content (AvgIpc) is 2.66. The maximum absolute atomic E-state index is 12.0. The molecule has 0 aromatic carbocycles. The van der Waals surface area contributed by atoms with Gasteiger partial charge >= 0.3 is 38.6 Å². The lowest BCUT2D eigenvalue weighted by Crippen LogP contribution is -2.51. The topological polar surface area (TPSA) is 218 Å². The monoisotopic (exact) mass is 487 g/mol. The second kappa shape index (κ2) is 10.5. The maximum Gasteiger partial charge on any atom is 0.709 e. The van der Waals surface area contributed by atoms with E-state index in [-0.39, 0.29) is 6.61 Å². The van der Waals surface area contributed by atoms with Gasteiger partial charge in [-0.3, -0.25) is 18.7 Å². The number of rotatable bonds is 9. The molecule has 1 rings (SSSR count). The molecule has 0 saturated carbocycles. The molecule has 3 N–H and O–H groups in total. The highest BCUT2D eigenvalue weighted by atomic mass is 31.2. The Morgan fingerprint density at radius 2 is 2.04 bits per heavy atom. The van der Waals surface area contributed by atoms with Crippen LogP contribution in [0.4, 0.5) is 0 Å². The molecule has 1 saturated heterocycles. The van der Waals surface area contributed by atoms with Gasteiger partial charge in [0.05, 0.1) is 6.61 Å². The summed E-state index contributed by atoms with van der Waals surface area (Å²) in [6, 6.07) is 0. The van der Waals surface area contributed by atoms with Crippen LogP contribution < -0.4 is 0 Å². The zero-order valence-corrected chi connectivity index (χ0v) is 17.6. The third-order valence-electron chi connectivity index (χ3n) is 2.87. The molecule has 1 heterocycles. The van der Waals surface area contributed by atoms with Crippen LogP contribution in [0.15, 0.2) is 0 Å². The van der Waals surface area contributed by atoms with Gasteiger partial charge in [0.2, 0.25) is 6.10 Å². The van der Waals surface area contributed by atoms with Gasteiger partial charge in [-0.05, 0) is 18.2 Å². The van der Waals surface area contributed by atoms with Gasteiger partial charge < -0.3 is 14.7 Å². The summed E-state index contributed by atoms with van der Waals surface area (Å²) in [5, 5.41) is 10.4. The van der Waals surface area contributed by atoms with E-state index >= 15 is 0 Å². The molecule has 3 unspecified atom stereocenters. The lowest BCUT2D eigenvalue weighted by molar-refractivity contribution is -0.166. The molecule has 1 aliphatic heterocycles. The molecule has 0 aromatic heterocycles. The van der Waals surface area contributed by atoms with Crippen molar-refractivity contribution in [2.24, 2.45) is 0 Å². The number of carbonyl (C=O) groups excluding carboxylic acids is 2. The Labute approximate surface area is 159 Å². The minimum absolute atomic E-state index is 0.298. The summed E-state index contributed by atoms with van der Waals surface area (Å²) < 4.78 is 71.3. The van der Waals surface area contributed by atoms with Crippen LogP contribution in [0.3, 0.4) is 0 Å². The van der Waals surface area contributed by atoms with Gasteiger partial charge in [-0.2, -0.15) is 4.31 Å². The average molecular weight is 487 g/mol. The highest BCUT2D eigenvalue weighted by Gasteiger charge is 2.56. The number of hydrogen-bond acceptors (Lipinski definition) is 13. The highest BCUT2D eigenvalue weighted by Crippen LogP contribution is 2.57. The summed E-state index contributed by atoms with van der Waals surface area (Å²) in [6.07, 6.45) is -9.19. The molecule has 28 heavy (non-hydrogen) atoms. The predicted molar refractivity (Wildman–Crippen MR) is 85.0 cm³/mol. The van der Waals surface area contributed by atoms with Gasteiger partial charge in [0, 0.05) is 4.57 Å². The standard InChI is InChI=1S/C9H14O15P4/c1-3-19-9(12)8(22-27(15,16)23-25-13)5(11)7-6(4(2)10)20-26(14)24-28(17,18)21-7/h5-8,11H,3H2,1-2H3,(H-,15,16,17,18)/p+1/t5-,6+,7+,8+/m1/s1. The van der Waals surface area contributed by atoms with E-state index < -0.39 is 68.8 Å². The number of ether oxygens (including phenoxy) is 1. The second-order valence-corrected chi connectivity index (χ2v) is 9.28. The number of phosphoric acid groups is 2. The van der Waals surface area contributed by atoms with Crippen LogP contribution in [-0.4, -0.2) is 57.7 Å². The molecular formula is C9H15O15P4+. The Kier molecular flexibility index (Phi) is 9.56. The number of ketones is 1. The zero-order chi connectivity index (χ0) is 21.7. The van der Waals surface area contributed by atoms with Crippen molar-refractivity contribution in [2.45, 2.75) is 38.3 Å². The number of carbonyl (C=O) groups is 2. The lowest BCUT2D eigenvalue weighted by atomic mass is 10.0. The summed E-state index contributed by atoms with van der Waals surface area (Å²) in [6.45, 7) is 1.89. The van der Waals surface area contributed by atoms with E-state index in [9.17, 15) is 42.7 Å². The normalized spacial score (nSPS) is 31.4. The first kappa shape index (κ1) is 25.5. The van der Waals surface area contributed by atoms with E-state index in [1.165, 1.54) is 6.92 Å². The van der Waals surface area contributed by atoms with Crippen molar-refractivity contribution in [3.8, 4) is 0 Å². The van der Waals surface area contributed by atoms with Gasteiger partial charge in [0.25, 0.3) is 0 Å². The predicted octanol–water partition coefficient (Wildman–Crippen LogP) is 0.767. The molecule has 7 atom stereocenters. The van der Waals surface area contributed by atoms with Crippen molar-refractivity contribution in [1.29, 1.82) is 0 Å². The number of esters is 1. The smallest absolute Gasteiger partial charge is 0.464 e. The summed E-state index contributed by atoms with van der Waals surface area (Å²) in [7, 11) is -15.1. The molecule has 0 radical (unpaired) electrons. The van der Waals surface area contributed by atoms with Crippen LogP contribution in [0.2, 0.25) is 0 Å². The number of aliphatic hydroxyl groups is 1. The van der Waals surface area contributed by atoms with E-state index in [4.69, 9.17) is 0 Å². The Hall–Kier alpha value is -0.520. The van der Waals surface area contributed by atoms with Crippen LogP contribution in [0.5, 0.6) is 0 Å². The summed E-state index contributed by atoms with van der Waals surface area (Å²) in [4.78, 5) is 42.6. The van der Waals surface area contributed by atoms with Gasteiger partial charge in [-0.1, -0.05) is 0 Å². The first-order chi connectivity index (χ1) is 12.8. The SMILES string of the molecule is CCOC(=O)[C@@H](OP(=O)(O)OP=O)[C@H](O)[C@@H]1OP(=O)(O)O[P+](=O)O[C@H]1C(C)=O. The van der Waals surface area contributed by atoms with E-state index in [2.05, 4.69) is 26.9 Å². The van der Waals surface area contributed by atoms with Crippen molar-refractivity contribution in [1.82, 2.24) is 0 Å². The molecule has 0 amide bonds. The zero-order valence-electron chi connectivity index (χ0n) is 14.0. The number of phosphoric ester groups is 2. The molecule has 1 aliphatic rings. The fraction of sp³-hybridized carbons (Fsp3) is 0.778. The van der Waals surface area contributed by atoms with E-state index in [0.717, 1.165) is 6.92 Å². The first-order valence-corrected chi connectivity index (χ1v) is 11.9. The Bertz CT molecular complexity index is 722. The largest absolute Gasteiger partial charge is 0.709 e. The van der Waals surface area contributed by atoms with E-state index in [1.807, 2.05) is 0 Å². The fourth-order valence-corrected chi connectivity index (χ4v) is 4.85. The maximum atomic E-state index is 12.0. The van der Waals surface area contributed by atoms with Gasteiger partial charge in [-0.25, -0.2) is 18.5 Å². The number of Topliss-reactive ketones (excluding diaryl/α,β-unsaturated/α-hetero) is 1. The molecule has 0 aliphatic carbocycles. The van der Waals surface area contributed by atoms with Crippen molar-refractivity contribution in [3.63, 3.8) is 0 Å². The molecule has 0 bridgehead atoms. The fourth-order valence-electron chi connectivity index (χ4n) is 1.88. The van der Waals surface area contributed by atoms with Crippen LogP contribution in [0, 0.1) is 0 Å². The van der Waals surface area contributed by atoms with Crippen molar-refractivity contribution in [2.75, 3.05) is 6.61 Å². The van der Waals surface area contributed by atoms with Crippen molar-refractivity contribution in [3.05, 3.63) is 0 Å². The highest BCUT2D eigenvalue weighted by molar-refractivity contribution is 7.56. The molecule has 0 aromatic rings. The summed E-state index contributed by atoms with van der Waals surface area (Å²) in [5.41, 5.74) is 0. The van der Waals surface area contributed by atoms with Crippen molar-refractivity contribution >= 4 is 44.3 Å². The van der Waals surface area contributed by atoms with E-state index in [1.54, 1.807) is 0 Å². The molecular weight excluding hydrogens is 472 g/mol. The molecule has 0 spiro atoms. The van der Waals surface area contributed by atoms with Crippen LogP contribution in [0.1, 0.15) is 13.8 Å². The Morgan fingerprint density at radius 1 is 1.43 bits per heavy atom. The van der Waals surface area contributed by atoms with E-state index in [0.29, 0.717) is 0 Å². The Morgan fingerprint density at radius 3 is 2.54 bits per heavy atom. The third kappa shape index (κ3) is 7.38. The van der Waals surface area contributed by atoms with Crippen LogP contribution >= 0.6 is 32.6 Å². The molecule has 1 fully saturated rings. The van der Waals surface area contributed by atoms with Gasteiger partial charge in [0.1, 0.15) is 12.2 Å². The summed E-state index contributed by atoms with van der Waals surface area (Å²) in [5.74, 6) is -2.47.